The molecule has 0 spiro atoms. The van der Waals surface area contributed by atoms with Crippen molar-refractivity contribution in [2.45, 2.75) is 217 Å². The second-order valence-electron chi connectivity index (χ2n) is 19.9. The van der Waals surface area contributed by atoms with E-state index < -0.39 is 126 Å². The van der Waals surface area contributed by atoms with Crippen molar-refractivity contribution in [3.05, 3.63) is 0 Å². The molecule has 61 heavy (non-hydrogen) atoms. The van der Waals surface area contributed by atoms with Crippen LogP contribution in [-0.2, 0) is 42.7 Å². The molecule has 1 unspecified atom stereocenters. The number of cyclic esters (lactones) is 1. The van der Waals surface area contributed by atoms with Gasteiger partial charge in [-0.05, 0) is 95.9 Å². The minimum Gasteiger partial charge on any atom is -0.459 e. The van der Waals surface area contributed by atoms with Gasteiger partial charge in [0, 0.05) is 42.7 Å². The lowest BCUT2D eigenvalue weighted by atomic mass is 9.73. The predicted octanol–water partition coefficient (Wildman–Crippen LogP) is 1.58. The summed E-state index contributed by atoms with van der Waals surface area (Å²) < 4.78 is 45.7. The van der Waals surface area contributed by atoms with Gasteiger partial charge in [0.15, 0.2) is 18.9 Å². The molecule has 4 aliphatic heterocycles. The summed E-state index contributed by atoms with van der Waals surface area (Å²) >= 11 is 0. The summed E-state index contributed by atoms with van der Waals surface area (Å²) in [4.78, 5) is 32.7. The van der Waals surface area contributed by atoms with E-state index in [1.807, 2.05) is 44.9 Å². The van der Waals surface area contributed by atoms with Crippen LogP contribution in [0.25, 0.3) is 0 Å². The molecule has 22 atom stereocenters. The average Bonchev–Trinajstić information content (AvgIpc) is 3.16. The van der Waals surface area contributed by atoms with Crippen LogP contribution in [0.2, 0.25) is 0 Å². The van der Waals surface area contributed by atoms with E-state index in [1.165, 1.54) is 20.8 Å². The number of Topliss-reactive ketones (excluding diaryl/α,β-unsaturated/α-hetero) is 1. The number of carbonyl (C=O) groups is 2. The third-order valence-electron chi connectivity index (χ3n) is 14.1. The van der Waals surface area contributed by atoms with Crippen LogP contribution in [0.5, 0.6) is 0 Å². The number of esters is 1. The van der Waals surface area contributed by atoms with Crippen LogP contribution in [0.4, 0.5) is 0 Å². The molecule has 0 saturated carbocycles. The van der Waals surface area contributed by atoms with Gasteiger partial charge in [0.25, 0.3) is 0 Å². The summed E-state index contributed by atoms with van der Waals surface area (Å²) in [6, 6.07) is -0.742. The van der Waals surface area contributed by atoms with E-state index in [9.17, 15) is 40.2 Å². The highest BCUT2D eigenvalue weighted by Gasteiger charge is 2.55. The topological polar surface area (TPSA) is 227 Å². The first-order chi connectivity index (χ1) is 28.1. The van der Waals surface area contributed by atoms with Gasteiger partial charge in [-0.3, -0.25) is 9.59 Å². The van der Waals surface area contributed by atoms with Gasteiger partial charge in [-0.1, -0.05) is 27.7 Å². The molecule has 0 aromatic heterocycles. The first kappa shape index (κ1) is 52.2. The molecule has 0 aliphatic carbocycles. The Balaban J connectivity index is 1.97. The SMILES string of the molecule is CCC1OC(=O)[C@H](C)[C@@H](O[C@H]2C[C@@](C)(O)[C@@H](O)[C@H](C)O2)[C@H](C)[C@@H](O[C@@H]2O[C@H](C)C[C@H](N(C)C)[C@H]2O)[C@](C)(O[C@H]2C[C@@H](N(C)C)[C@@H](O)[C@H](C)O2)C[C@@H](C)C(=O)[C@H](C)[C@@H](O)[C@]1(C)O. The molecule has 0 bridgehead atoms. The third-order valence-corrected chi connectivity index (χ3v) is 14.1. The number of ether oxygens (including phenoxy) is 7. The standard InChI is InChI=1S/C44H80N2O15/c1-16-30-44(11,54)37(50)23(4)33(47)21(2)19-43(10,61-31-18-29(46(14)15)34(48)26(7)56-31)39(60-41-35(49)28(45(12)13)17-22(3)55-41)24(5)36(25(6)40(52)58-30)59-32-20-42(9,53)38(51)27(8)57-32/h21-32,34-39,41,48-51,53-54H,16-20H2,1-15H3/t21-,22-,23+,24+,25-,26+,27+,28+,29-,30?,31+,32+,34+,35-,36+,37-,38+,39-,41+,42-,43-,44-/m1/s1. The monoisotopic (exact) mass is 877 g/mol. The Morgan fingerprint density at radius 2 is 1.30 bits per heavy atom. The summed E-state index contributed by atoms with van der Waals surface area (Å²) in [6.45, 7) is 18.1. The fraction of sp³-hybridized carbons (Fsp3) is 0.955. The molecule has 4 aliphatic rings. The fourth-order valence-electron chi connectivity index (χ4n) is 10.2. The number of rotatable bonds is 9. The van der Waals surface area contributed by atoms with Gasteiger partial charge in [0.05, 0.1) is 59.8 Å². The molecule has 0 aromatic rings. The largest absolute Gasteiger partial charge is 0.459 e. The van der Waals surface area contributed by atoms with E-state index >= 15 is 0 Å². The molecule has 4 fully saturated rings. The van der Waals surface area contributed by atoms with Crippen LogP contribution in [0.1, 0.15) is 108 Å². The zero-order valence-electron chi connectivity index (χ0n) is 39.3. The van der Waals surface area contributed by atoms with Crippen molar-refractivity contribution in [3.63, 3.8) is 0 Å². The molecule has 17 heteroatoms. The Bertz CT molecular complexity index is 1450. The number of aliphatic hydroxyl groups excluding tert-OH is 4. The van der Waals surface area contributed by atoms with E-state index in [2.05, 4.69) is 0 Å². The second-order valence-corrected chi connectivity index (χ2v) is 19.9. The molecular formula is C44H80N2O15. The molecule has 0 aromatic carbocycles. The Morgan fingerprint density at radius 1 is 0.721 bits per heavy atom. The number of carbonyl (C=O) groups excluding carboxylic acids is 2. The van der Waals surface area contributed by atoms with Gasteiger partial charge in [-0.15, -0.1) is 0 Å². The number of hydrogen-bond acceptors (Lipinski definition) is 17. The van der Waals surface area contributed by atoms with Crippen LogP contribution in [0.3, 0.4) is 0 Å². The van der Waals surface area contributed by atoms with Gasteiger partial charge >= 0.3 is 5.97 Å². The molecule has 356 valence electrons. The fourth-order valence-corrected chi connectivity index (χ4v) is 10.2. The molecule has 4 heterocycles. The molecule has 4 rings (SSSR count). The molecule has 0 amide bonds. The molecular weight excluding hydrogens is 796 g/mol. The average molecular weight is 877 g/mol. The normalized spacial score (nSPS) is 50.0. The molecule has 6 N–H and O–H groups in total. The van der Waals surface area contributed by atoms with E-state index in [4.69, 9.17) is 33.2 Å². The van der Waals surface area contributed by atoms with E-state index in [-0.39, 0.29) is 43.9 Å². The zero-order chi connectivity index (χ0) is 46.3. The smallest absolute Gasteiger partial charge is 0.311 e. The van der Waals surface area contributed by atoms with Crippen molar-refractivity contribution in [1.82, 2.24) is 9.80 Å². The lowest BCUT2D eigenvalue weighted by Gasteiger charge is -2.51. The lowest BCUT2D eigenvalue weighted by molar-refractivity contribution is -0.340. The summed E-state index contributed by atoms with van der Waals surface area (Å²) in [6.07, 6.45) is -13.0. The van der Waals surface area contributed by atoms with Gasteiger partial charge in [-0.2, -0.15) is 0 Å². The lowest BCUT2D eigenvalue weighted by Crippen LogP contribution is -2.62. The quantitative estimate of drug-likeness (QED) is 0.181. The Kier molecular flexibility index (Phi) is 17.5. The maximum atomic E-state index is 14.5. The van der Waals surface area contributed by atoms with Gasteiger partial charge in [-0.25, -0.2) is 0 Å². The molecule has 4 saturated heterocycles. The number of ketones is 1. The van der Waals surface area contributed by atoms with Crippen LogP contribution >= 0.6 is 0 Å². The van der Waals surface area contributed by atoms with Crippen LogP contribution in [0, 0.1) is 23.7 Å². The summed E-state index contributed by atoms with van der Waals surface area (Å²) in [5.41, 5.74) is -5.21. The van der Waals surface area contributed by atoms with Crippen molar-refractivity contribution in [2.24, 2.45) is 23.7 Å². The minimum atomic E-state index is -2.05. The van der Waals surface area contributed by atoms with Gasteiger partial charge in [0.1, 0.15) is 29.7 Å². The molecule has 17 nitrogen and oxygen atoms in total. The Hall–Kier alpha value is -1.42. The highest BCUT2D eigenvalue weighted by molar-refractivity contribution is 5.83. The van der Waals surface area contributed by atoms with Crippen molar-refractivity contribution in [1.29, 1.82) is 0 Å². The van der Waals surface area contributed by atoms with E-state index in [1.54, 1.807) is 48.5 Å². The van der Waals surface area contributed by atoms with Gasteiger partial charge < -0.3 is 73.6 Å². The number of aliphatic hydroxyl groups is 6. The van der Waals surface area contributed by atoms with E-state index in [0.717, 1.165) is 0 Å². The van der Waals surface area contributed by atoms with Crippen molar-refractivity contribution in [2.75, 3.05) is 28.2 Å². The maximum absolute atomic E-state index is 14.5. The maximum Gasteiger partial charge on any atom is 0.311 e. The van der Waals surface area contributed by atoms with Crippen LogP contribution in [0.15, 0.2) is 0 Å². The predicted molar refractivity (Wildman–Crippen MR) is 223 cm³/mol. The molecule has 0 radical (unpaired) electrons. The van der Waals surface area contributed by atoms with Crippen LogP contribution < -0.4 is 0 Å². The Morgan fingerprint density at radius 3 is 1.85 bits per heavy atom. The summed E-state index contributed by atoms with van der Waals surface area (Å²) in [5, 5.41) is 68.6. The van der Waals surface area contributed by atoms with Crippen molar-refractivity contribution in [3.8, 4) is 0 Å². The Labute approximate surface area is 363 Å². The summed E-state index contributed by atoms with van der Waals surface area (Å²) in [7, 11) is 7.41. The zero-order valence-corrected chi connectivity index (χ0v) is 39.3. The van der Waals surface area contributed by atoms with Crippen molar-refractivity contribution < 1.29 is 73.4 Å². The highest BCUT2D eigenvalue weighted by Crippen LogP contribution is 2.43. The number of nitrogens with zero attached hydrogens (tertiary/aromatic N) is 2. The number of likely N-dealkylation sites (N-methyl/N-ethyl adjacent to an activating group) is 2. The third kappa shape index (κ3) is 11.5. The first-order valence-electron chi connectivity index (χ1n) is 22.3. The van der Waals surface area contributed by atoms with Crippen LogP contribution in [-0.4, -0.2) is 189 Å². The summed E-state index contributed by atoms with van der Waals surface area (Å²) in [5.74, 6) is -5.17. The van der Waals surface area contributed by atoms with Crippen molar-refractivity contribution >= 4 is 11.8 Å². The first-order valence-corrected chi connectivity index (χ1v) is 22.3. The van der Waals surface area contributed by atoms with Gasteiger partial charge in [0.2, 0.25) is 0 Å². The highest BCUT2D eigenvalue weighted by atomic mass is 16.7. The second kappa shape index (κ2) is 20.4. The van der Waals surface area contributed by atoms with E-state index in [0.29, 0.717) is 6.42 Å². The minimum absolute atomic E-state index is 0.0421. The number of hydrogen-bond donors (Lipinski definition) is 6.